The van der Waals surface area contributed by atoms with Gasteiger partial charge in [0.2, 0.25) is 0 Å². The summed E-state index contributed by atoms with van der Waals surface area (Å²) in [4.78, 5) is 0. The van der Waals surface area contributed by atoms with E-state index in [0.717, 1.165) is 21.5 Å². The first-order chi connectivity index (χ1) is 9.47. The van der Waals surface area contributed by atoms with Crippen molar-refractivity contribution in [3.63, 3.8) is 0 Å². The average molecular weight is 337 g/mol. The number of hydrogen-bond acceptors (Lipinski definition) is 2. The third-order valence-corrected chi connectivity index (χ3v) is 3.23. The van der Waals surface area contributed by atoms with E-state index in [2.05, 4.69) is 15.9 Å². The molecule has 0 spiro atoms. The monoisotopic (exact) mass is 336 g/mol. The molecule has 0 fully saturated rings. The van der Waals surface area contributed by atoms with Gasteiger partial charge in [-0.25, -0.2) is 0 Å². The van der Waals surface area contributed by atoms with Crippen LogP contribution in [0.15, 0.2) is 53.0 Å². The van der Waals surface area contributed by atoms with E-state index in [9.17, 15) is 5.11 Å². The van der Waals surface area contributed by atoms with Gasteiger partial charge in [0.05, 0.1) is 10.1 Å². The highest BCUT2D eigenvalue weighted by atomic mass is 79.9. The molecule has 0 bridgehead atoms. The van der Waals surface area contributed by atoms with Crippen molar-refractivity contribution in [2.45, 2.75) is 33.3 Å². The molecule has 0 aliphatic rings. The van der Waals surface area contributed by atoms with Crippen molar-refractivity contribution in [2.75, 3.05) is 0 Å². The van der Waals surface area contributed by atoms with Gasteiger partial charge in [-0.2, -0.15) is 0 Å². The van der Waals surface area contributed by atoms with Crippen LogP contribution in [-0.4, -0.2) is 5.11 Å². The lowest BCUT2D eigenvalue weighted by Gasteiger charge is -2.19. The Morgan fingerprint density at radius 2 is 1.60 bits per heavy atom. The first-order valence-electron chi connectivity index (χ1n) is 6.72. The van der Waals surface area contributed by atoms with Crippen molar-refractivity contribution in [3.05, 3.63) is 58.6 Å². The highest BCUT2D eigenvalue weighted by Crippen LogP contribution is 2.33. The minimum atomic E-state index is -0.853. The molecule has 1 N–H and O–H groups in total. The maximum Gasteiger partial charge on any atom is 0.141 e. The molecular weight excluding hydrogens is 316 g/mol. The van der Waals surface area contributed by atoms with Crippen molar-refractivity contribution in [2.24, 2.45) is 0 Å². The molecule has 0 aromatic heterocycles. The van der Waals surface area contributed by atoms with Gasteiger partial charge in [0.15, 0.2) is 0 Å². The summed E-state index contributed by atoms with van der Waals surface area (Å²) in [6.45, 7) is 7.51. The van der Waals surface area contributed by atoms with Gasteiger partial charge < -0.3 is 9.84 Å². The molecule has 2 nitrogen and oxygen atoms in total. The van der Waals surface area contributed by atoms with Crippen molar-refractivity contribution in [1.29, 1.82) is 0 Å². The van der Waals surface area contributed by atoms with Crippen LogP contribution in [0.5, 0.6) is 11.5 Å². The summed E-state index contributed by atoms with van der Waals surface area (Å²) in [5.41, 5.74) is -0.0110. The summed E-state index contributed by atoms with van der Waals surface area (Å²) in [5, 5.41) is 9.93. The van der Waals surface area contributed by atoms with Gasteiger partial charge in [0, 0.05) is 0 Å². The van der Waals surface area contributed by atoms with Gasteiger partial charge in [0.25, 0.3) is 0 Å². The van der Waals surface area contributed by atoms with E-state index in [1.165, 1.54) is 0 Å². The molecule has 2 rings (SSSR count). The molecule has 108 valence electrons. The summed E-state index contributed by atoms with van der Waals surface area (Å²) < 4.78 is 6.57. The fraction of sp³-hybridized carbons (Fsp3) is 0.294. The molecule has 0 saturated heterocycles. The second-order valence-corrected chi connectivity index (χ2v) is 5.47. The number of ether oxygens (including phenoxy) is 1. The van der Waals surface area contributed by atoms with Gasteiger partial charge in [-0.3, -0.25) is 0 Å². The van der Waals surface area contributed by atoms with Gasteiger partial charge in [-0.1, -0.05) is 38.1 Å². The molecule has 0 radical (unpaired) electrons. The highest BCUT2D eigenvalue weighted by Gasteiger charge is 2.17. The van der Waals surface area contributed by atoms with Crippen molar-refractivity contribution >= 4 is 15.9 Å². The average Bonchev–Trinajstić information content (AvgIpc) is 2.43. The minimum absolute atomic E-state index is 0.731. The zero-order valence-corrected chi connectivity index (χ0v) is 13.9. The van der Waals surface area contributed by atoms with Crippen molar-refractivity contribution in [3.8, 4) is 11.5 Å². The van der Waals surface area contributed by atoms with E-state index >= 15 is 0 Å². The number of rotatable bonds is 3. The molecule has 0 unspecified atom stereocenters. The highest BCUT2D eigenvalue weighted by molar-refractivity contribution is 9.10. The largest absolute Gasteiger partial charge is 0.456 e. The fourth-order valence-electron chi connectivity index (χ4n) is 1.58. The number of para-hydroxylation sites is 1. The van der Waals surface area contributed by atoms with Crippen LogP contribution in [-0.2, 0) is 5.60 Å². The maximum absolute atomic E-state index is 9.93. The molecule has 0 saturated carbocycles. The Labute approximate surface area is 129 Å². The summed E-state index contributed by atoms with van der Waals surface area (Å²) in [6, 6.07) is 15.2. The van der Waals surface area contributed by atoms with E-state index in [1.807, 2.05) is 62.4 Å². The Hall–Kier alpha value is -1.32. The van der Waals surface area contributed by atoms with Crippen LogP contribution in [0.4, 0.5) is 0 Å². The second-order valence-electron chi connectivity index (χ2n) is 4.62. The van der Waals surface area contributed by atoms with Gasteiger partial charge in [0.1, 0.15) is 11.5 Å². The quantitative estimate of drug-likeness (QED) is 0.802. The predicted molar refractivity (Wildman–Crippen MR) is 87.3 cm³/mol. The predicted octanol–water partition coefficient (Wildman–Crippen LogP) is 5.50. The number of aliphatic hydroxyl groups is 1. The van der Waals surface area contributed by atoms with Gasteiger partial charge in [-0.15, -0.1) is 0 Å². The normalized spacial score (nSPS) is 10.5. The molecule has 0 aliphatic carbocycles. The van der Waals surface area contributed by atoms with Crippen LogP contribution in [0, 0.1) is 0 Å². The molecule has 2 aromatic rings. The van der Waals surface area contributed by atoms with Crippen LogP contribution in [0.2, 0.25) is 0 Å². The lowest BCUT2D eigenvalue weighted by atomic mass is 9.99. The fourth-order valence-corrected chi connectivity index (χ4v) is 2.04. The summed E-state index contributed by atoms with van der Waals surface area (Å²) in [5.74, 6) is 1.52. The number of benzene rings is 2. The molecule has 2 aromatic carbocycles. The van der Waals surface area contributed by atoms with Gasteiger partial charge in [-0.05, 0) is 59.6 Å². The Bertz CT molecular complexity index is 530. The Morgan fingerprint density at radius 1 is 1.00 bits per heavy atom. The Kier molecular flexibility index (Phi) is 6.24. The SMILES string of the molecule is CC.CC(C)(O)c1ccc(Oc2ccccc2)c(Br)c1. The zero-order chi connectivity index (χ0) is 15.2. The van der Waals surface area contributed by atoms with Crippen LogP contribution in [0.25, 0.3) is 0 Å². The molecule has 20 heavy (non-hydrogen) atoms. The van der Waals surface area contributed by atoms with Crippen LogP contribution in [0.1, 0.15) is 33.3 Å². The van der Waals surface area contributed by atoms with Crippen LogP contribution < -0.4 is 4.74 Å². The number of halogens is 1. The molecule has 0 heterocycles. The third kappa shape index (κ3) is 4.66. The van der Waals surface area contributed by atoms with E-state index in [-0.39, 0.29) is 0 Å². The lowest BCUT2D eigenvalue weighted by molar-refractivity contribution is 0.0785. The summed E-state index contributed by atoms with van der Waals surface area (Å²) in [7, 11) is 0. The molecule has 0 aliphatic heterocycles. The summed E-state index contributed by atoms with van der Waals surface area (Å²) in [6.07, 6.45) is 0. The molecule has 0 amide bonds. The van der Waals surface area contributed by atoms with E-state index in [1.54, 1.807) is 13.8 Å². The lowest BCUT2D eigenvalue weighted by Crippen LogP contribution is -2.15. The second kappa shape index (κ2) is 7.46. The van der Waals surface area contributed by atoms with Crippen molar-refractivity contribution in [1.82, 2.24) is 0 Å². The summed E-state index contributed by atoms with van der Waals surface area (Å²) >= 11 is 3.46. The van der Waals surface area contributed by atoms with E-state index in [4.69, 9.17) is 4.74 Å². The standard InChI is InChI=1S/C15H15BrO2.C2H6/c1-15(2,17)11-8-9-14(13(16)10-11)18-12-6-4-3-5-7-12;1-2/h3-10,17H,1-2H3;1-2H3. The third-order valence-electron chi connectivity index (χ3n) is 2.61. The van der Waals surface area contributed by atoms with Crippen LogP contribution >= 0.6 is 15.9 Å². The zero-order valence-electron chi connectivity index (χ0n) is 12.4. The topological polar surface area (TPSA) is 29.5 Å². The maximum atomic E-state index is 9.93. The first-order valence-corrected chi connectivity index (χ1v) is 7.51. The van der Waals surface area contributed by atoms with Crippen molar-refractivity contribution < 1.29 is 9.84 Å². The van der Waals surface area contributed by atoms with E-state index < -0.39 is 5.60 Å². The molecule has 3 heteroatoms. The Balaban J connectivity index is 0.000000956. The van der Waals surface area contributed by atoms with Crippen LogP contribution in [0.3, 0.4) is 0 Å². The van der Waals surface area contributed by atoms with E-state index in [0.29, 0.717) is 0 Å². The Morgan fingerprint density at radius 3 is 2.10 bits per heavy atom. The number of hydrogen-bond donors (Lipinski definition) is 1. The molecular formula is C17H21BrO2. The first kappa shape index (κ1) is 16.7. The smallest absolute Gasteiger partial charge is 0.141 e. The molecule has 0 atom stereocenters. The minimum Gasteiger partial charge on any atom is -0.456 e. The van der Waals surface area contributed by atoms with Gasteiger partial charge >= 0.3 is 0 Å².